The number of nitrogen functional groups attached to an aromatic ring is 2. The highest BCUT2D eigenvalue weighted by Gasteiger charge is 2.24. The van der Waals surface area contributed by atoms with Crippen LogP contribution in [0.3, 0.4) is 0 Å². The number of aromatic nitrogens is 6. The fourth-order valence-electron chi connectivity index (χ4n) is 5.31. The summed E-state index contributed by atoms with van der Waals surface area (Å²) in [6.45, 7) is 13.3. The molecule has 2 unspecified atom stereocenters. The van der Waals surface area contributed by atoms with Crippen molar-refractivity contribution in [1.82, 2.24) is 40.2 Å². The number of hydrogen-bond donors (Lipinski definition) is 4. The molecule has 2 saturated heterocycles. The second-order valence-electron chi connectivity index (χ2n) is 11.3. The van der Waals surface area contributed by atoms with Gasteiger partial charge >= 0.3 is 0 Å². The summed E-state index contributed by atoms with van der Waals surface area (Å²) in [5.41, 5.74) is 11.2. The molecule has 4 heterocycles. The summed E-state index contributed by atoms with van der Waals surface area (Å²) in [6, 6.07) is 16.2. The van der Waals surface area contributed by atoms with E-state index in [1.165, 1.54) is 0 Å². The maximum absolute atomic E-state index is 5.96. The summed E-state index contributed by atoms with van der Waals surface area (Å²) in [5.74, 6) is 3.88. The Bertz CT molecular complexity index is 1470. The van der Waals surface area contributed by atoms with Crippen LogP contribution in [0.5, 0.6) is 11.5 Å². The van der Waals surface area contributed by atoms with Crippen molar-refractivity contribution in [3.63, 3.8) is 0 Å². The highest BCUT2D eigenvalue weighted by Crippen LogP contribution is 2.19. The molecule has 6 rings (SSSR count). The van der Waals surface area contributed by atoms with Gasteiger partial charge in [0.1, 0.15) is 24.2 Å². The Balaban J connectivity index is 0.000000181. The van der Waals surface area contributed by atoms with E-state index in [0.717, 1.165) is 79.3 Å². The van der Waals surface area contributed by atoms with Crippen molar-refractivity contribution in [1.29, 1.82) is 0 Å². The number of nitrogens with one attached hydrogen (secondary N) is 2. The molecule has 14 nitrogen and oxygen atoms in total. The Morgan fingerprint density at radius 1 is 0.717 bits per heavy atom. The van der Waals surface area contributed by atoms with Crippen LogP contribution in [0, 0.1) is 0 Å². The predicted molar refractivity (Wildman–Crippen MR) is 187 cm³/mol. The third-order valence-corrected chi connectivity index (χ3v) is 8.89. The van der Waals surface area contributed by atoms with E-state index in [2.05, 4.69) is 95.7 Å². The topological polar surface area (TPSA) is 167 Å². The largest absolute Gasteiger partial charge is 0.492 e. The van der Waals surface area contributed by atoms with Crippen LogP contribution in [0.15, 0.2) is 57.5 Å². The van der Waals surface area contributed by atoms with Gasteiger partial charge in [-0.3, -0.25) is 9.80 Å². The van der Waals surface area contributed by atoms with Gasteiger partial charge in [-0.25, -0.2) is 10.2 Å². The first kappa shape index (κ1) is 33.8. The smallest absolute Gasteiger partial charge is 0.246 e. The van der Waals surface area contributed by atoms with Gasteiger partial charge in [-0.05, 0) is 62.4 Å². The third kappa shape index (κ3) is 9.95. The molecule has 46 heavy (non-hydrogen) atoms. The average Bonchev–Trinajstić information content (AvgIpc) is 3.70. The van der Waals surface area contributed by atoms with Crippen molar-refractivity contribution in [3.8, 4) is 11.5 Å². The average molecular weight is 763 g/mol. The van der Waals surface area contributed by atoms with E-state index >= 15 is 0 Å². The number of halogens is 2. The Labute approximate surface area is 286 Å². The minimum atomic E-state index is 0.141. The zero-order valence-electron chi connectivity index (χ0n) is 26.1. The van der Waals surface area contributed by atoms with Crippen LogP contribution in [0.4, 0.5) is 23.8 Å². The first-order valence-corrected chi connectivity index (χ1v) is 16.9. The molecule has 0 spiro atoms. The quantitative estimate of drug-likeness (QED) is 0.186. The van der Waals surface area contributed by atoms with Gasteiger partial charge < -0.3 is 30.7 Å². The molecule has 6 N–H and O–H groups in total. The highest BCUT2D eigenvalue weighted by molar-refractivity contribution is 9.10. The molecule has 0 aliphatic carbocycles. The number of H-pyrrole nitrogens is 2. The predicted octanol–water partition coefficient (Wildman–Crippen LogP) is 3.48. The van der Waals surface area contributed by atoms with Crippen molar-refractivity contribution >= 4 is 55.7 Å². The first-order chi connectivity index (χ1) is 22.2. The van der Waals surface area contributed by atoms with Gasteiger partial charge in [0.25, 0.3) is 0 Å². The van der Waals surface area contributed by atoms with E-state index in [-0.39, 0.29) is 6.10 Å². The number of aromatic amines is 2. The van der Waals surface area contributed by atoms with E-state index < -0.39 is 0 Å². The molecule has 0 bridgehead atoms. The summed E-state index contributed by atoms with van der Waals surface area (Å²) >= 11 is 6.85. The molecule has 2 atom stereocenters. The summed E-state index contributed by atoms with van der Waals surface area (Å²) in [5, 5.41) is 13.6. The molecule has 2 aliphatic heterocycles. The number of benzene rings is 2. The zero-order valence-corrected chi connectivity index (χ0v) is 29.3. The maximum Gasteiger partial charge on any atom is 0.246 e. The van der Waals surface area contributed by atoms with Crippen LogP contribution in [0.1, 0.15) is 13.8 Å². The van der Waals surface area contributed by atoms with E-state index in [0.29, 0.717) is 36.4 Å². The van der Waals surface area contributed by atoms with E-state index in [1.807, 2.05) is 48.5 Å². The minimum absolute atomic E-state index is 0.141. The summed E-state index contributed by atoms with van der Waals surface area (Å²) < 4.78 is 13.9. The standard InChI is InChI=1S/2C15H21BrN6O/c1-11(10-23-13-4-2-12(16)3-5-13)21-6-8-22(9-7-21)15-18-14(17)19-20-15;1-11(23-13-4-2-12(16)3-5-13)10-21-6-8-22(9-7-21)15-18-14(17)19-20-15/h2*2-5,11H,6-10H2,1H3,(H3,17,18,19,20). The maximum atomic E-state index is 5.96. The second-order valence-corrected chi connectivity index (χ2v) is 13.2. The number of anilines is 4. The monoisotopic (exact) mass is 760 g/mol. The lowest BCUT2D eigenvalue weighted by atomic mass is 10.2. The van der Waals surface area contributed by atoms with Crippen LogP contribution in [0.25, 0.3) is 0 Å². The molecule has 4 aromatic rings. The molecule has 2 fully saturated rings. The van der Waals surface area contributed by atoms with Crippen LogP contribution in [0.2, 0.25) is 0 Å². The van der Waals surface area contributed by atoms with Crippen molar-refractivity contribution in [3.05, 3.63) is 57.5 Å². The van der Waals surface area contributed by atoms with E-state index in [4.69, 9.17) is 20.9 Å². The van der Waals surface area contributed by atoms with Crippen LogP contribution >= 0.6 is 31.9 Å². The molecule has 0 saturated carbocycles. The fraction of sp³-hybridized carbons (Fsp3) is 0.467. The first-order valence-electron chi connectivity index (χ1n) is 15.3. The molecule has 2 aromatic carbocycles. The lowest BCUT2D eigenvalue weighted by Crippen LogP contribution is -2.51. The summed E-state index contributed by atoms with van der Waals surface area (Å²) in [4.78, 5) is 17.5. The number of rotatable bonds is 10. The normalized spacial score (nSPS) is 17.2. The molecule has 0 radical (unpaired) electrons. The van der Waals surface area contributed by atoms with Gasteiger partial charge in [-0.1, -0.05) is 31.9 Å². The van der Waals surface area contributed by atoms with Crippen molar-refractivity contribution in [2.75, 3.05) is 86.8 Å². The summed E-state index contributed by atoms with van der Waals surface area (Å²) in [6.07, 6.45) is 0.141. The molecule has 2 aliphatic rings. The summed E-state index contributed by atoms with van der Waals surface area (Å²) in [7, 11) is 0. The number of piperazine rings is 2. The van der Waals surface area contributed by atoms with Crippen LogP contribution in [-0.2, 0) is 0 Å². The lowest BCUT2D eigenvalue weighted by Gasteiger charge is -2.37. The van der Waals surface area contributed by atoms with Crippen molar-refractivity contribution in [2.45, 2.75) is 26.0 Å². The van der Waals surface area contributed by atoms with E-state index in [9.17, 15) is 0 Å². The molecule has 16 heteroatoms. The fourth-order valence-corrected chi connectivity index (χ4v) is 5.83. The minimum Gasteiger partial charge on any atom is -0.492 e. The second kappa shape index (κ2) is 16.3. The van der Waals surface area contributed by atoms with Crippen LogP contribution < -0.4 is 30.7 Å². The van der Waals surface area contributed by atoms with Gasteiger partial charge in [0.05, 0.1) is 0 Å². The number of ether oxygens (including phenoxy) is 2. The number of nitrogens with two attached hydrogens (primary N) is 2. The third-order valence-electron chi connectivity index (χ3n) is 7.83. The Kier molecular flexibility index (Phi) is 12.0. The highest BCUT2D eigenvalue weighted by atomic mass is 79.9. The molecule has 248 valence electrons. The lowest BCUT2D eigenvalue weighted by molar-refractivity contribution is 0.139. The van der Waals surface area contributed by atoms with Gasteiger partial charge in [0.15, 0.2) is 0 Å². The van der Waals surface area contributed by atoms with Gasteiger partial charge in [0.2, 0.25) is 23.8 Å². The Hall–Kier alpha value is -3.60. The van der Waals surface area contributed by atoms with Gasteiger partial charge in [-0.15, -0.1) is 10.2 Å². The van der Waals surface area contributed by atoms with E-state index in [1.54, 1.807) is 0 Å². The van der Waals surface area contributed by atoms with Crippen molar-refractivity contribution in [2.24, 2.45) is 0 Å². The molecule has 0 amide bonds. The number of hydrogen-bond acceptors (Lipinski definition) is 12. The van der Waals surface area contributed by atoms with Crippen molar-refractivity contribution < 1.29 is 9.47 Å². The molecular weight excluding hydrogens is 720 g/mol. The Morgan fingerprint density at radius 2 is 1.20 bits per heavy atom. The molecular formula is C30H42Br2N12O2. The zero-order chi connectivity index (χ0) is 32.5. The SMILES string of the molecule is CC(CN1CCN(c2n[nH]c(N)n2)CC1)Oc1ccc(Br)cc1.CC(COc1ccc(Br)cc1)N1CCN(c2n[nH]c(N)n2)CC1. The molecule has 2 aromatic heterocycles. The Morgan fingerprint density at radius 3 is 1.67 bits per heavy atom. The van der Waals surface area contributed by atoms with Gasteiger partial charge in [-0.2, -0.15) is 9.97 Å². The number of nitrogens with zero attached hydrogens (tertiary/aromatic N) is 8. The van der Waals surface area contributed by atoms with Gasteiger partial charge in [0, 0.05) is 73.9 Å². The van der Waals surface area contributed by atoms with Crippen LogP contribution in [-0.4, -0.2) is 118 Å².